The van der Waals surface area contributed by atoms with Gasteiger partial charge in [0.1, 0.15) is 17.8 Å². The average Bonchev–Trinajstić information content (AvgIpc) is 2.53. The second-order valence-electron chi connectivity index (χ2n) is 4.14. The number of hydrogen-bond donors (Lipinski definition) is 2. The van der Waals surface area contributed by atoms with Crippen molar-refractivity contribution < 1.29 is 18.0 Å². The number of nitrogens with one attached hydrogen (secondary N) is 2. The zero-order chi connectivity index (χ0) is 16.1. The van der Waals surface area contributed by atoms with Crippen LogP contribution in [-0.2, 0) is 0 Å². The van der Waals surface area contributed by atoms with Gasteiger partial charge in [0.15, 0.2) is 17.5 Å². The van der Waals surface area contributed by atoms with E-state index >= 15 is 0 Å². The zero-order valence-electron chi connectivity index (χ0n) is 11.2. The topological polar surface area (TPSA) is 66.9 Å². The third-order valence-corrected chi connectivity index (χ3v) is 2.60. The van der Waals surface area contributed by atoms with Crippen LogP contribution >= 0.6 is 0 Å². The Morgan fingerprint density at radius 3 is 2.73 bits per heavy atom. The van der Waals surface area contributed by atoms with E-state index < -0.39 is 23.4 Å². The van der Waals surface area contributed by atoms with Gasteiger partial charge in [0.25, 0.3) is 5.91 Å². The second kappa shape index (κ2) is 6.70. The first-order chi connectivity index (χ1) is 10.5. The normalized spacial score (nSPS) is 10.1. The summed E-state index contributed by atoms with van der Waals surface area (Å²) >= 11 is 0. The smallest absolute Gasteiger partial charge is 0.270 e. The molecule has 8 heteroatoms. The van der Waals surface area contributed by atoms with Crippen LogP contribution in [0.2, 0.25) is 0 Å². The standard InChI is InChI=1S/C14H11F3N4O/c1-2-5-18-14(22)10-6-11(20-7-19-10)21-9-4-3-8(15)12(16)13(9)17/h2-4,6-7H,1,5H2,(H,18,22)(H,19,20,21). The lowest BCUT2D eigenvalue weighted by Gasteiger charge is -2.08. The molecule has 2 aromatic rings. The maximum absolute atomic E-state index is 13.6. The van der Waals surface area contributed by atoms with Crippen molar-refractivity contribution >= 4 is 17.4 Å². The van der Waals surface area contributed by atoms with Crippen molar-refractivity contribution in [1.29, 1.82) is 0 Å². The molecule has 5 nitrogen and oxygen atoms in total. The molecule has 114 valence electrons. The van der Waals surface area contributed by atoms with Gasteiger partial charge >= 0.3 is 0 Å². The van der Waals surface area contributed by atoms with Crippen LogP contribution in [-0.4, -0.2) is 22.4 Å². The van der Waals surface area contributed by atoms with Crippen LogP contribution in [0, 0.1) is 17.5 Å². The number of hydrogen-bond acceptors (Lipinski definition) is 4. The second-order valence-corrected chi connectivity index (χ2v) is 4.14. The molecule has 1 aromatic carbocycles. The molecule has 1 aromatic heterocycles. The largest absolute Gasteiger partial charge is 0.347 e. The zero-order valence-corrected chi connectivity index (χ0v) is 11.2. The lowest BCUT2D eigenvalue weighted by atomic mass is 10.2. The third kappa shape index (κ3) is 3.40. The molecule has 0 fully saturated rings. The van der Waals surface area contributed by atoms with Crippen molar-refractivity contribution in [2.75, 3.05) is 11.9 Å². The van der Waals surface area contributed by atoms with E-state index in [2.05, 4.69) is 27.2 Å². The Hall–Kier alpha value is -2.90. The maximum atomic E-state index is 13.6. The molecule has 0 aliphatic heterocycles. The number of anilines is 2. The number of amides is 1. The predicted molar refractivity (Wildman–Crippen MR) is 74.2 cm³/mol. The first kappa shape index (κ1) is 15.5. The Kier molecular flexibility index (Phi) is 4.72. The molecule has 0 unspecified atom stereocenters. The minimum atomic E-state index is -1.59. The third-order valence-electron chi connectivity index (χ3n) is 2.60. The molecular weight excluding hydrogens is 297 g/mol. The van der Waals surface area contributed by atoms with Crippen molar-refractivity contribution in [3.8, 4) is 0 Å². The number of halogens is 3. The molecule has 0 saturated heterocycles. The first-order valence-corrected chi connectivity index (χ1v) is 6.14. The lowest BCUT2D eigenvalue weighted by molar-refractivity contribution is 0.0953. The van der Waals surface area contributed by atoms with E-state index in [1.54, 1.807) is 0 Å². The molecule has 0 radical (unpaired) electrons. The fourth-order valence-electron chi connectivity index (χ4n) is 1.57. The minimum Gasteiger partial charge on any atom is -0.347 e. The highest BCUT2D eigenvalue weighted by Gasteiger charge is 2.14. The van der Waals surface area contributed by atoms with Crippen molar-refractivity contribution in [3.05, 3.63) is 60.3 Å². The van der Waals surface area contributed by atoms with E-state index in [0.717, 1.165) is 18.5 Å². The maximum Gasteiger partial charge on any atom is 0.270 e. The molecule has 0 saturated carbocycles. The molecule has 0 aliphatic rings. The Morgan fingerprint density at radius 2 is 2.00 bits per heavy atom. The molecule has 0 bridgehead atoms. The van der Waals surface area contributed by atoms with Crippen LogP contribution in [0.15, 0.2) is 37.2 Å². The molecule has 0 spiro atoms. The first-order valence-electron chi connectivity index (χ1n) is 6.14. The summed E-state index contributed by atoms with van der Waals surface area (Å²) in [6.45, 7) is 3.71. The molecule has 2 N–H and O–H groups in total. The predicted octanol–water partition coefficient (Wildman–Crippen LogP) is 2.55. The number of aromatic nitrogens is 2. The molecule has 0 aliphatic carbocycles. The summed E-state index contributed by atoms with van der Waals surface area (Å²) in [5.74, 6) is -4.69. The van der Waals surface area contributed by atoms with E-state index in [1.165, 1.54) is 12.1 Å². The monoisotopic (exact) mass is 308 g/mol. The van der Waals surface area contributed by atoms with Crippen LogP contribution in [0.5, 0.6) is 0 Å². The van der Waals surface area contributed by atoms with Crippen molar-refractivity contribution in [3.63, 3.8) is 0 Å². The molecular formula is C14H11F3N4O. The quantitative estimate of drug-likeness (QED) is 0.658. The minimum absolute atomic E-state index is 0.0299. The van der Waals surface area contributed by atoms with Gasteiger partial charge < -0.3 is 10.6 Å². The summed E-state index contributed by atoms with van der Waals surface area (Å²) in [6.07, 6.45) is 2.58. The molecule has 2 rings (SSSR count). The molecule has 1 heterocycles. The summed E-state index contributed by atoms with van der Waals surface area (Å²) in [4.78, 5) is 19.3. The van der Waals surface area contributed by atoms with Gasteiger partial charge in [0.2, 0.25) is 0 Å². The number of carbonyl (C=O) groups is 1. The van der Waals surface area contributed by atoms with E-state index in [0.29, 0.717) is 0 Å². The fourth-order valence-corrected chi connectivity index (χ4v) is 1.57. The van der Waals surface area contributed by atoms with E-state index in [9.17, 15) is 18.0 Å². The number of carbonyl (C=O) groups excluding carboxylic acids is 1. The van der Waals surface area contributed by atoms with E-state index in [-0.39, 0.29) is 23.7 Å². The van der Waals surface area contributed by atoms with Crippen molar-refractivity contribution in [2.45, 2.75) is 0 Å². The van der Waals surface area contributed by atoms with Gasteiger partial charge in [-0.05, 0) is 12.1 Å². The van der Waals surface area contributed by atoms with Crippen LogP contribution in [0.3, 0.4) is 0 Å². The van der Waals surface area contributed by atoms with Gasteiger partial charge in [-0.3, -0.25) is 4.79 Å². The van der Waals surface area contributed by atoms with Gasteiger partial charge in [0, 0.05) is 12.6 Å². The Labute approximate surface area is 123 Å². The van der Waals surface area contributed by atoms with Gasteiger partial charge in [-0.25, -0.2) is 23.1 Å². The summed E-state index contributed by atoms with van der Waals surface area (Å²) < 4.78 is 39.6. The SMILES string of the molecule is C=CCNC(=O)c1cc(Nc2ccc(F)c(F)c2F)ncn1. The summed E-state index contributed by atoms with van der Waals surface area (Å²) in [7, 11) is 0. The Balaban J connectivity index is 2.22. The Morgan fingerprint density at radius 1 is 1.23 bits per heavy atom. The highest BCUT2D eigenvalue weighted by Crippen LogP contribution is 2.22. The van der Waals surface area contributed by atoms with Gasteiger partial charge in [-0.2, -0.15) is 0 Å². The highest BCUT2D eigenvalue weighted by atomic mass is 19.2. The van der Waals surface area contributed by atoms with Crippen LogP contribution in [0.1, 0.15) is 10.5 Å². The molecule has 22 heavy (non-hydrogen) atoms. The molecule has 0 atom stereocenters. The number of rotatable bonds is 5. The molecule has 1 amide bonds. The summed E-state index contributed by atoms with van der Waals surface area (Å²) in [5.41, 5.74) is -0.280. The fraction of sp³-hybridized carbons (Fsp3) is 0.0714. The van der Waals surface area contributed by atoms with Gasteiger partial charge in [0.05, 0.1) is 5.69 Å². The Bertz CT molecular complexity index is 721. The van der Waals surface area contributed by atoms with Crippen LogP contribution in [0.25, 0.3) is 0 Å². The van der Waals surface area contributed by atoms with Crippen molar-refractivity contribution in [1.82, 2.24) is 15.3 Å². The van der Waals surface area contributed by atoms with E-state index in [4.69, 9.17) is 0 Å². The lowest BCUT2D eigenvalue weighted by Crippen LogP contribution is -2.24. The van der Waals surface area contributed by atoms with Gasteiger partial charge in [-0.15, -0.1) is 6.58 Å². The van der Waals surface area contributed by atoms with Gasteiger partial charge in [-0.1, -0.05) is 6.08 Å². The summed E-state index contributed by atoms with van der Waals surface area (Å²) in [5, 5.41) is 4.97. The average molecular weight is 308 g/mol. The number of benzene rings is 1. The summed E-state index contributed by atoms with van der Waals surface area (Å²) in [6, 6.07) is 3.05. The van der Waals surface area contributed by atoms with Crippen LogP contribution < -0.4 is 10.6 Å². The van der Waals surface area contributed by atoms with Crippen LogP contribution in [0.4, 0.5) is 24.7 Å². The van der Waals surface area contributed by atoms with Crippen molar-refractivity contribution in [2.24, 2.45) is 0 Å². The highest BCUT2D eigenvalue weighted by molar-refractivity contribution is 5.93. The number of nitrogens with zero attached hydrogens (tertiary/aromatic N) is 2. The van der Waals surface area contributed by atoms with E-state index in [1.807, 2.05) is 0 Å².